The minimum atomic E-state index is -1.34. The molecule has 2 aromatic rings. The number of halogens is 1. The van der Waals surface area contributed by atoms with Crippen LogP contribution < -0.4 is 10.2 Å². The number of carbonyl (C=O) groups excluding carboxylic acids is 4. The Morgan fingerprint density at radius 2 is 1.92 bits per heavy atom. The number of allylic oxidation sites excluding steroid dienone is 1. The third-order valence-corrected chi connectivity index (χ3v) is 10.9. The molecule has 3 aliphatic rings. The van der Waals surface area contributed by atoms with Crippen molar-refractivity contribution in [2.75, 3.05) is 38.3 Å². The number of hydrogen-bond acceptors (Lipinski definition) is 8. The number of esters is 1. The number of alkyl halides is 1. The molecule has 3 aliphatic heterocycles. The molecular weight excluding hydrogens is 718 g/mol. The summed E-state index contributed by atoms with van der Waals surface area (Å²) >= 11 is 3.73. The smallest absolute Gasteiger partial charge is 0.313 e. The summed E-state index contributed by atoms with van der Waals surface area (Å²) < 4.78 is 18.5. The number of rotatable bonds is 17. The fourth-order valence-electron chi connectivity index (χ4n) is 7.88. The second-order valence-corrected chi connectivity index (χ2v) is 14.7. The zero-order valence-corrected chi connectivity index (χ0v) is 31.0. The van der Waals surface area contributed by atoms with Crippen LogP contribution in [0, 0.1) is 25.7 Å². The number of methoxy groups -OCH3 is 1. The molecule has 3 fully saturated rings. The Morgan fingerprint density at radius 1 is 1.18 bits per heavy atom. The van der Waals surface area contributed by atoms with E-state index in [0.717, 1.165) is 11.1 Å². The van der Waals surface area contributed by atoms with Gasteiger partial charge in [-0.15, -0.1) is 13.2 Å². The summed E-state index contributed by atoms with van der Waals surface area (Å²) in [5.41, 5.74) is 1.83. The maximum Gasteiger partial charge on any atom is 0.313 e. The van der Waals surface area contributed by atoms with Crippen molar-refractivity contribution in [2.24, 2.45) is 11.8 Å². The van der Waals surface area contributed by atoms with Gasteiger partial charge in [-0.3, -0.25) is 19.2 Å². The second kappa shape index (κ2) is 16.7. The van der Waals surface area contributed by atoms with Crippen LogP contribution in [0.1, 0.15) is 48.5 Å². The van der Waals surface area contributed by atoms with Crippen LogP contribution in [0.4, 0.5) is 5.69 Å². The third kappa shape index (κ3) is 7.55. The van der Waals surface area contributed by atoms with Gasteiger partial charge in [-0.1, -0.05) is 70.5 Å². The lowest BCUT2D eigenvalue weighted by molar-refractivity contribution is -0.163. The highest BCUT2D eigenvalue weighted by atomic mass is 79.9. The van der Waals surface area contributed by atoms with Crippen molar-refractivity contribution >= 4 is 45.3 Å². The molecule has 0 saturated carbocycles. The van der Waals surface area contributed by atoms with Crippen LogP contribution in [0.5, 0.6) is 0 Å². The fourth-order valence-corrected chi connectivity index (χ4v) is 8.82. The van der Waals surface area contributed by atoms with Gasteiger partial charge in [0.1, 0.15) is 17.7 Å². The Kier molecular flexibility index (Phi) is 12.5. The number of ether oxygens (including phenoxy) is 3. The number of benzene rings is 2. The molecule has 1 unspecified atom stereocenters. The number of likely N-dealkylation sites (tertiary alicyclic amines) is 1. The molecule has 2 bridgehead atoms. The lowest BCUT2D eigenvalue weighted by Gasteiger charge is -2.37. The van der Waals surface area contributed by atoms with Gasteiger partial charge < -0.3 is 34.4 Å². The van der Waals surface area contributed by atoms with Gasteiger partial charge in [-0.2, -0.15) is 0 Å². The monoisotopic (exact) mass is 765 g/mol. The summed E-state index contributed by atoms with van der Waals surface area (Å²) in [7, 11) is 1.50. The van der Waals surface area contributed by atoms with E-state index in [9.17, 15) is 24.3 Å². The van der Waals surface area contributed by atoms with E-state index in [1.54, 1.807) is 29.2 Å². The van der Waals surface area contributed by atoms with Gasteiger partial charge in [0.05, 0.1) is 30.6 Å². The van der Waals surface area contributed by atoms with Gasteiger partial charge >= 0.3 is 5.97 Å². The third-order valence-electron chi connectivity index (χ3n) is 10.1. The molecule has 0 radical (unpaired) electrons. The van der Waals surface area contributed by atoms with E-state index < -0.39 is 53.6 Å². The van der Waals surface area contributed by atoms with Gasteiger partial charge in [0.2, 0.25) is 11.8 Å². The zero-order valence-electron chi connectivity index (χ0n) is 29.5. The van der Waals surface area contributed by atoms with Gasteiger partial charge in [-0.05, 0) is 55.9 Å². The van der Waals surface area contributed by atoms with Crippen molar-refractivity contribution in [1.29, 1.82) is 0 Å². The molecule has 0 aromatic heterocycles. The Labute approximate surface area is 308 Å². The number of nitrogens with zero attached hydrogens (tertiary/aromatic N) is 2. The van der Waals surface area contributed by atoms with Crippen molar-refractivity contribution < 1.29 is 38.5 Å². The first-order chi connectivity index (χ1) is 24.5. The van der Waals surface area contributed by atoms with Crippen molar-refractivity contribution in [3.8, 4) is 0 Å². The highest BCUT2D eigenvalue weighted by Crippen LogP contribution is 2.60. The standard InChI is InChI=1S/C39H48BrN3O8/c1-6-8-15-30(45)41-28(23-49-5)33(26-13-10-9-11-14-26)50-38(48)31-32-36(46)43(19-12-20-44)35(39(32)22-27(40)34(31)51-39)37(47)42(18-7-2)29-21-24(3)16-17-25(29)4/h6-7,9-11,13-14,16-17,21,27-28,31-35,44H,1-2,8,12,15,18-20,22-23H2,3-5H3,(H,41,45)/t27?,28-,31+,32-,33-,34+,35+,39-/m0/s1. The Hall–Kier alpha value is -3.84. The fraction of sp³-hybridized carbons (Fsp3) is 0.487. The van der Waals surface area contributed by atoms with E-state index in [2.05, 4.69) is 34.4 Å². The van der Waals surface area contributed by atoms with Crippen LogP contribution in [0.2, 0.25) is 0 Å². The van der Waals surface area contributed by atoms with Gasteiger partial charge in [0, 0.05) is 43.7 Å². The molecule has 1 spiro atoms. The van der Waals surface area contributed by atoms with Crippen LogP contribution in [-0.4, -0.2) is 95.7 Å². The van der Waals surface area contributed by atoms with Crippen molar-refractivity contribution in [2.45, 2.75) is 74.3 Å². The van der Waals surface area contributed by atoms with Crippen LogP contribution in [0.3, 0.4) is 0 Å². The predicted octanol–water partition coefficient (Wildman–Crippen LogP) is 4.33. The van der Waals surface area contributed by atoms with Crippen molar-refractivity contribution in [3.05, 3.63) is 90.5 Å². The number of aryl methyl sites for hydroxylation is 2. The molecule has 8 atom stereocenters. The number of fused-ring (bicyclic) bond motifs is 1. The van der Waals surface area contributed by atoms with E-state index in [4.69, 9.17) is 14.2 Å². The first kappa shape index (κ1) is 38.4. The molecule has 2 aromatic carbocycles. The summed E-state index contributed by atoms with van der Waals surface area (Å²) in [4.78, 5) is 59.6. The van der Waals surface area contributed by atoms with Gasteiger partial charge in [0.25, 0.3) is 5.91 Å². The minimum absolute atomic E-state index is 0.0493. The Balaban J connectivity index is 1.53. The van der Waals surface area contributed by atoms with Gasteiger partial charge in [-0.25, -0.2) is 0 Å². The molecule has 3 saturated heterocycles. The normalized spacial score (nSPS) is 25.9. The largest absolute Gasteiger partial charge is 0.455 e. The average Bonchev–Trinajstić information content (AvgIpc) is 3.71. The number of hydrogen-bond donors (Lipinski definition) is 2. The maximum absolute atomic E-state index is 14.9. The van der Waals surface area contributed by atoms with Crippen LogP contribution in [0.25, 0.3) is 0 Å². The quantitative estimate of drug-likeness (QED) is 0.138. The molecule has 5 rings (SSSR count). The zero-order chi connectivity index (χ0) is 36.9. The molecule has 3 amide bonds. The maximum atomic E-state index is 14.9. The first-order valence-electron chi connectivity index (χ1n) is 17.4. The number of nitrogens with one attached hydrogen (secondary N) is 1. The number of aliphatic hydroxyl groups excluding tert-OH is 1. The van der Waals surface area contributed by atoms with E-state index in [1.807, 2.05) is 50.2 Å². The summed E-state index contributed by atoms with van der Waals surface area (Å²) in [6.07, 6.45) is 2.80. The van der Waals surface area contributed by atoms with Crippen molar-refractivity contribution in [3.63, 3.8) is 0 Å². The van der Waals surface area contributed by atoms with Gasteiger partial charge in [0.15, 0.2) is 0 Å². The molecule has 11 nitrogen and oxygen atoms in total. The van der Waals surface area contributed by atoms with Crippen LogP contribution in [0.15, 0.2) is 73.8 Å². The van der Waals surface area contributed by atoms with E-state index in [0.29, 0.717) is 24.1 Å². The Bertz CT molecular complexity index is 1620. The molecule has 2 N–H and O–H groups in total. The SMILES string of the molecule is C=CCCC(=O)N[C@@H](COC)[C@@H](OC(=O)[C@H]1[C@@H]2O[C@@]3(CC2Br)[C@@H]1C(=O)N(CCCO)[C@@H]3C(=O)N(CC=C)c1cc(C)ccc1C)c1ccccc1. The summed E-state index contributed by atoms with van der Waals surface area (Å²) in [5, 5.41) is 12.8. The molecule has 274 valence electrons. The lowest BCUT2D eigenvalue weighted by Crippen LogP contribution is -2.57. The molecule has 3 heterocycles. The molecular formula is C39H48BrN3O8. The summed E-state index contributed by atoms with van der Waals surface area (Å²) in [6.45, 7) is 11.6. The first-order valence-corrected chi connectivity index (χ1v) is 18.3. The summed E-state index contributed by atoms with van der Waals surface area (Å²) in [5.74, 6) is -3.74. The predicted molar refractivity (Wildman–Crippen MR) is 196 cm³/mol. The topological polar surface area (TPSA) is 135 Å². The second-order valence-electron chi connectivity index (χ2n) is 13.5. The average molecular weight is 767 g/mol. The molecule has 0 aliphatic carbocycles. The minimum Gasteiger partial charge on any atom is -0.455 e. The number of carbonyl (C=O) groups is 4. The number of amides is 3. The molecule has 51 heavy (non-hydrogen) atoms. The van der Waals surface area contributed by atoms with Crippen LogP contribution in [-0.2, 0) is 33.4 Å². The number of anilines is 1. The lowest BCUT2D eigenvalue weighted by atomic mass is 9.70. The highest BCUT2D eigenvalue weighted by molar-refractivity contribution is 9.09. The van der Waals surface area contributed by atoms with Crippen LogP contribution >= 0.6 is 15.9 Å². The van der Waals surface area contributed by atoms with Crippen molar-refractivity contribution in [1.82, 2.24) is 10.2 Å². The van der Waals surface area contributed by atoms with E-state index >= 15 is 0 Å². The highest BCUT2D eigenvalue weighted by Gasteiger charge is 2.77. The van der Waals surface area contributed by atoms with E-state index in [-0.39, 0.29) is 55.8 Å². The number of aliphatic hydroxyl groups is 1. The Morgan fingerprint density at radius 3 is 2.59 bits per heavy atom. The summed E-state index contributed by atoms with van der Waals surface area (Å²) in [6, 6.07) is 13.1. The molecule has 12 heteroatoms. The van der Waals surface area contributed by atoms with E-state index in [1.165, 1.54) is 12.0 Å².